The van der Waals surface area contributed by atoms with Gasteiger partial charge in [0, 0.05) is 37.4 Å². The van der Waals surface area contributed by atoms with Gasteiger partial charge in [0.2, 0.25) is 5.91 Å². The number of imidazole rings is 1. The van der Waals surface area contributed by atoms with Gasteiger partial charge in [0.05, 0.1) is 30.1 Å². The molecule has 0 radical (unpaired) electrons. The van der Waals surface area contributed by atoms with Crippen LogP contribution in [0, 0.1) is 18.2 Å². The zero-order valence-electron chi connectivity index (χ0n) is 20.4. The molecule has 6 nitrogen and oxygen atoms in total. The van der Waals surface area contributed by atoms with Gasteiger partial charge in [-0.25, -0.2) is 9.37 Å². The van der Waals surface area contributed by atoms with E-state index in [-0.39, 0.29) is 24.2 Å². The summed E-state index contributed by atoms with van der Waals surface area (Å²) in [7, 11) is 0. The van der Waals surface area contributed by atoms with Crippen LogP contribution < -0.4 is 5.32 Å². The average molecular weight is 477 g/mol. The maximum absolute atomic E-state index is 14.1. The van der Waals surface area contributed by atoms with Crippen molar-refractivity contribution in [1.82, 2.24) is 19.8 Å². The predicted molar refractivity (Wildman–Crippen MR) is 133 cm³/mol. The van der Waals surface area contributed by atoms with E-state index >= 15 is 0 Å². The highest BCUT2D eigenvalue weighted by atomic mass is 19.1. The van der Waals surface area contributed by atoms with Gasteiger partial charge in [-0.1, -0.05) is 31.2 Å². The first-order chi connectivity index (χ1) is 17.0. The largest absolute Gasteiger partial charge is 0.394 e. The van der Waals surface area contributed by atoms with Gasteiger partial charge in [-0.05, 0) is 61.1 Å². The third-order valence-electron chi connectivity index (χ3n) is 7.85. The van der Waals surface area contributed by atoms with E-state index < -0.39 is 11.5 Å². The fourth-order valence-electron chi connectivity index (χ4n) is 6.02. The summed E-state index contributed by atoms with van der Waals surface area (Å²) in [5, 5.41) is 13.7. The average Bonchev–Trinajstić information content (AvgIpc) is 3.50. The Morgan fingerprint density at radius 1 is 1.26 bits per heavy atom. The van der Waals surface area contributed by atoms with Crippen LogP contribution in [0.2, 0.25) is 0 Å². The Labute approximate surface area is 205 Å². The fourth-order valence-corrected chi connectivity index (χ4v) is 6.02. The van der Waals surface area contributed by atoms with Gasteiger partial charge < -0.3 is 19.9 Å². The molecule has 0 saturated carbocycles. The van der Waals surface area contributed by atoms with Crippen LogP contribution in [0.15, 0.2) is 55.0 Å². The highest BCUT2D eigenvalue weighted by Crippen LogP contribution is 2.48. The number of hydrogen-bond donors (Lipinski definition) is 2. The summed E-state index contributed by atoms with van der Waals surface area (Å²) in [5.41, 5.74) is 4.69. The Hall–Kier alpha value is -3.03. The van der Waals surface area contributed by atoms with E-state index in [0.29, 0.717) is 13.1 Å². The number of carbonyl (C=O) groups excluding carboxylic acids is 1. The van der Waals surface area contributed by atoms with Crippen molar-refractivity contribution in [3.8, 4) is 5.69 Å². The first-order valence-corrected chi connectivity index (χ1v) is 12.5. The van der Waals surface area contributed by atoms with E-state index in [2.05, 4.69) is 40.0 Å². The lowest BCUT2D eigenvalue weighted by molar-refractivity contribution is -0.150. The summed E-state index contributed by atoms with van der Waals surface area (Å²) < 4.78 is 15.6. The number of aryl methyl sites for hydroxylation is 2. The molecule has 3 heterocycles. The fraction of sp³-hybridized carbons (Fsp3) is 0.429. The third kappa shape index (κ3) is 4.17. The van der Waals surface area contributed by atoms with Gasteiger partial charge in [-0.2, -0.15) is 0 Å². The number of carbonyl (C=O) groups is 1. The lowest BCUT2D eigenvalue weighted by Gasteiger charge is -2.45. The lowest BCUT2D eigenvalue weighted by atomic mass is 9.68. The Kier molecular flexibility index (Phi) is 6.47. The first-order valence-electron chi connectivity index (χ1n) is 12.5. The number of rotatable bonds is 6. The summed E-state index contributed by atoms with van der Waals surface area (Å²) in [6.07, 6.45) is 6.43. The molecule has 3 atom stereocenters. The summed E-state index contributed by atoms with van der Waals surface area (Å²) >= 11 is 0. The van der Waals surface area contributed by atoms with Crippen LogP contribution in [0.25, 0.3) is 5.69 Å². The second kappa shape index (κ2) is 9.55. The van der Waals surface area contributed by atoms with Gasteiger partial charge >= 0.3 is 0 Å². The van der Waals surface area contributed by atoms with Crippen LogP contribution in [0.5, 0.6) is 0 Å². The molecule has 2 aromatic carbocycles. The molecule has 0 bridgehead atoms. The van der Waals surface area contributed by atoms with E-state index in [4.69, 9.17) is 0 Å². The van der Waals surface area contributed by atoms with Gasteiger partial charge in [0.15, 0.2) is 0 Å². The van der Waals surface area contributed by atoms with E-state index in [9.17, 15) is 14.3 Å². The minimum Gasteiger partial charge on any atom is -0.394 e. The number of aliphatic hydroxyl groups is 1. The molecule has 7 heteroatoms. The number of benzene rings is 2. The smallest absolute Gasteiger partial charge is 0.231 e. The van der Waals surface area contributed by atoms with Crippen molar-refractivity contribution < 1.29 is 14.3 Å². The van der Waals surface area contributed by atoms with Gasteiger partial charge in [0.1, 0.15) is 5.82 Å². The summed E-state index contributed by atoms with van der Waals surface area (Å²) in [4.78, 5) is 20.3. The van der Waals surface area contributed by atoms with Crippen molar-refractivity contribution in [1.29, 1.82) is 0 Å². The van der Waals surface area contributed by atoms with Gasteiger partial charge in [-0.3, -0.25) is 4.79 Å². The number of nitrogens with one attached hydrogen (secondary N) is 1. The zero-order valence-corrected chi connectivity index (χ0v) is 20.4. The molecule has 1 spiro atoms. The molecule has 3 unspecified atom stereocenters. The summed E-state index contributed by atoms with van der Waals surface area (Å²) in [5.74, 6) is -0.198. The van der Waals surface area contributed by atoms with E-state index in [0.717, 1.165) is 42.8 Å². The van der Waals surface area contributed by atoms with E-state index in [1.807, 2.05) is 24.3 Å². The highest BCUT2D eigenvalue weighted by molar-refractivity contribution is 5.86. The highest BCUT2D eigenvalue weighted by Gasteiger charge is 2.53. The number of aliphatic hydroxyl groups excluding tert-OH is 1. The lowest BCUT2D eigenvalue weighted by Crippen LogP contribution is -2.53. The molecular formula is C28H33FN4O2. The third-order valence-corrected chi connectivity index (χ3v) is 7.85. The van der Waals surface area contributed by atoms with E-state index in [1.54, 1.807) is 12.1 Å². The molecule has 1 amide bonds. The van der Waals surface area contributed by atoms with Crippen LogP contribution in [-0.2, 0) is 11.2 Å². The number of amides is 1. The van der Waals surface area contributed by atoms with Crippen LogP contribution in [0.4, 0.5) is 4.39 Å². The van der Waals surface area contributed by atoms with Crippen LogP contribution in [0.3, 0.4) is 0 Å². The second-order valence-corrected chi connectivity index (χ2v) is 9.86. The van der Waals surface area contributed by atoms with E-state index in [1.165, 1.54) is 23.3 Å². The Morgan fingerprint density at radius 3 is 2.74 bits per heavy atom. The molecule has 3 aromatic rings. The topological polar surface area (TPSA) is 70.4 Å². The number of hydrogen-bond acceptors (Lipinski definition) is 4. The number of halogens is 1. The molecule has 2 aliphatic heterocycles. The quantitative estimate of drug-likeness (QED) is 0.566. The maximum Gasteiger partial charge on any atom is 0.231 e. The minimum absolute atomic E-state index is 0.0502. The Morgan fingerprint density at radius 2 is 2.06 bits per heavy atom. The molecule has 1 aromatic heterocycles. The molecule has 35 heavy (non-hydrogen) atoms. The van der Waals surface area contributed by atoms with Crippen molar-refractivity contribution in [3.63, 3.8) is 0 Å². The van der Waals surface area contributed by atoms with Gasteiger partial charge in [-0.15, -0.1) is 0 Å². The van der Waals surface area contributed by atoms with Crippen LogP contribution in [0.1, 0.15) is 54.1 Å². The number of piperidine rings is 1. The zero-order chi connectivity index (χ0) is 24.6. The minimum atomic E-state index is -0.552. The number of nitrogens with zero attached hydrogens (tertiary/aromatic N) is 3. The SMILES string of the molecule is CCc1cc(C2CNCC23CCCN(C(CO)c2ccc(F)cc2)C3=O)ccc1-n1cnc(C)c1. The molecule has 2 aliphatic rings. The Balaban J connectivity index is 1.47. The monoisotopic (exact) mass is 476 g/mol. The Bertz CT molecular complexity index is 1210. The molecular weight excluding hydrogens is 443 g/mol. The van der Waals surface area contributed by atoms with Crippen LogP contribution in [-0.4, -0.2) is 51.7 Å². The molecule has 2 N–H and O–H groups in total. The van der Waals surface area contributed by atoms with Crippen molar-refractivity contribution in [2.24, 2.45) is 5.41 Å². The molecule has 2 saturated heterocycles. The predicted octanol–water partition coefficient (Wildman–Crippen LogP) is 3.91. The molecule has 5 rings (SSSR count). The second-order valence-electron chi connectivity index (χ2n) is 9.86. The normalized spacial score (nSPS) is 23.3. The molecule has 0 aliphatic carbocycles. The van der Waals surface area contributed by atoms with Crippen molar-refractivity contribution in [2.45, 2.75) is 45.1 Å². The first kappa shape index (κ1) is 23.7. The van der Waals surface area contributed by atoms with Crippen molar-refractivity contribution in [2.75, 3.05) is 26.2 Å². The number of aromatic nitrogens is 2. The molecule has 2 fully saturated rings. The van der Waals surface area contributed by atoms with Crippen molar-refractivity contribution in [3.05, 3.63) is 83.2 Å². The maximum atomic E-state index is 14.1. The molecule has 184 valence electrons. The number of likely N-dealkylation sites (tertiary alicyclic amines) is 1. The van der Waals surface area contributed by atoms with Gasteiger partial charge in [0.25, 0.3) is 0 Å². The standard InChI is InChI=1S/C28H33FN4O2/c1-3-20-13-22(7-10-25(20)32-15-19(2)31-18-32)24-14-30-17-28(24)11-4-12-33(27(28)35)26(16-34)21-5-8-23(29)9-6-21/h5-10,13,15,18,24,26,30,34H,3-4,11-12,14,16-17H2,1-2H3. The summed E-state index contributed by atoms with van der Waals surface area (Å²) in [6, 6.07) is 12.2. The van der Waals surface area contributed by atoms with Crippen LogP contribution >= 0.6 is 0 Å². The summed E-state index contributed by atoms with van der Waals surface area (Å²) in [6.45, 7) is 5.90. The van der Waals surface area contributed by atoms with Crippen molar-refractivity contribution >= 4 is 5.91 Å².